The molecule has 1 unspecified atom stereocenters. The quantitative estimate of drug-likeness (QED) is 0.898. The SMILES string of the molecule is Cc1cccc(C(=O)NCC2CCN(C3CC3)C2)c1. The Morgan fingerprint density at radius 3 is 2.95 bits per heavy atom. The fraction of sp³-hybridized carbons (Fsp3) is 0.562. The number of nitrogens with one attached hydrogen (secondary N) is 1. The van der Waals surface area contributed by atoms with Gasteiger partial charge in [-0.1, -0.05) is 17.7 Å². The molecule has 1 saturated heterocycles. The zero-order chi connectivity index (χ0) is 13.2. The highest BCUT2D eigenvalue weighted by Crippen LogP contribution is 2.31. The highest BCUT2D eigenvalue weighted by atomic mass is 16.1. The number of carbonyl (C=O) groups excluding carboxylic acids is 1. The number of nitrogens with zero attached hydrogens (tertiary/aromatic N) is 1. The second kappa shape index (κ2) is 5.33. The fourth-order valence-corrected chi connectivity index (χ4v) is 2.93. The normalized spacial score (nSPS) is 23.5. The van der Waals surface area contributed by atoms with Crippen LogP contribution in [0, 0.1) is 12.8 Å². The van der Waals surface area contributed by atoms with Gasteiger partial charge in [0, 0.05) is 24.7 Å². The maximum Gasteiger partial charge on any atom is 0.251 e. The van der Waals surface area contributed by atoms with Crippen molar-refractivity contribution in [1.82, 2.24) is 10.2 Å². The second-order valence-electron chi connectivity index (χ2n) is 5.96. The van der Waals surface area contributed by atoms with E-state index in [-0.39, 0.29) is 5.91 Å². The Morgan fingerprint density at radius 2 is 2.21 bits per heavy atom. The highest BCUT2D eigenvalue weighted by molar-refractivity contribution is 5.94. The summed E-state index contributed by atoms with van der Waals surface area (Å²) in [5.41, 5.74) is 1.91. The van der Waals surface area contributed by atoms with Crippen LogP contribution in [0.25, 0.3) is 0 Å². The lowest BCUT2D eigenvalue weighted by Gasteiger charge is -2.15. The first-order valence-electron chi connectivity index (χ1n) is 7.31. The van der Waals surface area contributed by atoms with Gasteiger partial charge in [0.25, 0.3) is 5.91 Å². The van der Waals surface area contributed by atoms with Crippen molar-refractivity contribution in [3.63, 3.8) is 0 Å². The predicted octanol–water partition coefficient (Wildman–Crippen LogP) is 2.21. The third-order valence-corrected chi connectivity index (χ3v) is 4.21. The third kappa shape index (κ3) is 3.16. The van der Waals surface area contributed by atoms with E-state index in [4.69, 9.17) is 0 Å². The Bertz CT molecular complexity index is 468. The number of likely N-dealkylation sites (tertiary alicyclic amines) is 1. The van der Waals surface area contributed by atoms with Crippen LogP contribution in [0.5, 0.6) is 0 Å². The molecule has 3 nitrogen and oxygen atoms in total. The summed E-state index contributed by atoms with van der Waals surface area (Å²) in [5.74, 6) is 0.697. The van der Waals surface area contributed by atoms with Gasteiger partial charge in [-0.2, -0.15) is 0 Å². The minimum absolute atomic E-state index is 0.0635. The number of amides is 1. The molecule has 1 heterocycles. The van der Waals surface area contributed by atoms with E-state index in [0.717, 1.165) is 23.7 Å². The molecule has 1 amide bonds. The zero-order valence-electron chi connectivity index (χ0n) is 11.6. The van der Waals surface area contributed by atoms with E-state index < -0.39 is 0 Å². The van der Waals surface area contributed by atoms with Gasteiger partial charge in [-0.05, 0) is 50.8 Å². The van der Waals surface area contributed by atoms with E-state index in [1.54, 1.807) is 0 Å². The standard InChI is InChI=1S/C16H22N2O/c1-12-3-2-4-14(9-12)16(19)17-10-13-7-8-18(11-13)15-5-6-15/h2-4,9,13,15H,5-8,10-11H2,1H3,(H,17,19). The minimum Gasteiger partial charge on any atom is -0.352 e. The fourth-order valence-electron chi connectivity index (χ4n) is 2.93. The Hall–Kier alpha value is -1.35. The third-order valence-electron chi connectivity index (χ3n) is 4.21. The predicted molar refractivity (Wildman–Crippen MR) is 76.2 cm³/mol. The number of hydrogen-bond acceptors (Lipinski definition) is 2. The van der Waals surface area contributed by atoms with Crippen molar-refractivity contribution in [1.29, 1.82) is 0 Å². The van der Waals surface area contributed by atoms with Crippen LogP contribution in [0.15, 0.2) is 24.3 Å². The summed E-state index contributed by atoms with van der Waals surface area (Å²) < 4.78 is 0. The molecule has 1 aliphatic carbocycles. The van der Waals surface area contributed by atoms with Crippen LogP contribution in [-0.4, -0.2) is 36.5 Å². The molecule has 3 rings (SSSR count). The zero-order valence-corrected chi connectivity index (χ0v) is 11.6. The van der Waals surface area contributed by atoms with Crippen LogP contribution >= 0.6 is 0 Å². The van der Waals surface area contributed by atoms with Crippen LogP contribution < -0.4 is 5.32 Å². The first-order valence-corrected chi connectivity index (χ1v) is 7.31. The molecule has 19 heavy (non-hydrogen) atoms. The van der Waals surface area contributed by atoms with Gasteiger partial charge in [0.2, 0.25) is 0 Å². The van der Waals surface area contributed by atoms with Crippen molar-refractivity contribution in [2.45, 2.75) is 32.2 Å². The summed E-state index contributed by atoms with van der Waals surface area (Å²) in [7, 11) is 0. The molecule has 0 spiro atoms. The van der Waals surface area contributed by atoms with Gasteiger partial charge in [-0.15, -0.1) is 0 Å². The Morgan fingerprint density at radius 1 is 1.37 bits per heavy atom. The molecule has 1 N–H and O–H groups in total. The summed E-state index contributed by atoms with van der Waals surface area (Å²) in [5, 5.41) is 3.08. The Balaban J connectivity index is 1.48. The minimum atomic E-state index is 0.0635. The summed E-state index contributed by atoms with van der Waals surface area (Å²) in [6.07, 6.45) is 3.98. The van der Waals surface area contributed by atoms with Crippen molar-refractivity contribution in [2.24, 2.45) is 5.92 Å². The summed E-state index contributed by atoms with van der Waals surface area (Å²) in [6.45, 7) is 5.21. The average molecular weight is 258 g/mol. The molecule has 1 atom stereocenters. The molecule has 102 valence electrons. The van der Waals surface area contributed by atoms with Crippen LogP contribution in [0.3, 0.4) is 0 Å². The van der Waals surface area contributed by atoms with Crippen molar-refractivity contribution in [3.8, 4) is 0 Å². The van der Waals surface area contributed by atoms with Gasteiger partial charge >= 0.3 is 0 Å². The monoisotopic (exact) mass is 258 g/mol. The van der Waals surface area contributed by atoms with Crippen LogP contribution in [0.1, 0.15) is 35.2 Å². The maximum absolute atomic E-state index is 12.1. The van der Waals surface area contributed by atoms with E-state index >= 15 is 0 Å². The van der Waals surface area contributed by atoms with Gasteiger partial charge in [-0.3, -0.25) is 4.79 Å². The molecule has 0 bridgehead atoms. The van der Waals surface area contributed by atoms with E-state index in [1.807, 2.05) is 31.2 Å². The van der Waals surface area contributed by atoms with E-state index in [2.05, 4.69) is 10.2 Å². The largest absolute Gasteiger partial charge is 0.352 e. The average Bonchev–Trinajstić information content (AvgIpc) is 3.15. The topological polar surface area (TPSA) is 32.3 Å². The first-order chi connectivity index (χ1) is 9.22. The maximum atomic E-state index is 12.1. The molecule has 2 aliphatic rings. The molecular formula is C16H22N2O. The number of carbonyl (C=O) groups is 1. The number of rotatable bonds is 4. The Labute approximate surface area is 115 Å². The number of aryl methyl sites for hydroxylation is 1. The molecular weight excluding hydrogens is 236 g/mol. The molecule has 0 radical (unpaired) electrons. The second-order valence-corrected chi connectivity index (χ2v) is 5.96. The van der Waals surface area contributed by atoms with E-state index in [9.17, 15) is 4.79 Å². The Kier molecular flexibility index (Phi) is 3.56. The molecule has 1 aromatic rings. The summed E-state index contributed by atoms with van der Waals surface area (Å²) in [6, 6.07) is 8.64. The lowest BCUT2D eigenvalue weighted by Crippen LogP contribution is -2.31. The number of hydrogen-bond donors (Lipinski definition) is 1. The smallest absolute Gasteiger partial charge is 0.251 e. The van der Waals surface area contributed by atoms with E-state index in [0.29, 0.717) is 5.92 Å². The van der Waals surface area contributed by atoms with Gasteiger partial charge < -0.3 is 10.2 Å². The van der Waals surface area contributed by atoms with Crippen molar-refractivity contribution >= 4 is 5.91 Å². The number of benzene rings is 1. The van der Waals surface area contributed by atoms with Crippen molar-refractivity contribution < 1.29 is 4.79 Å². The lowest BCUT2D eigenvalue weighted by atomic mass is 10.1. The molecule has 1 saturated carbocycles. The molecule has 2 fully saturated rings. The lowest BCUT2D eigenvalue weighted by molar-refractivity contribution is 0.0947. The van der Waals surface area contributed by atoms with Crippen LogP contribution in [-0.2, 0) is 0 Å². The molecule has 0 aromatic heterocycles. The highest BCUT2D eigenvalue weighted by Gasteiger charge is 2.34. The van der Waals surface area contributed by atoms with Crippen LogP contribution in [0.4, 0.5) is 0 Å². The summed E-state index contributed by atoms with van der Waals surface area (Å²) >= 11 is 0. The van der Waals surface area contributed by atoms with Gasteiger partial charge in [0.1, 0.15) is 0 Å². The van der Waals surface area contributed by atoms with Crippen molar-refractivity contribution in [2.75, 3.05) is 19.6 Å². The van der Waals surface area contributed by atoms with Crippen molar-refractivity contribution in [3.05, 3.63) is 35.4 Å². The summed E-state index contributed by atoms with van der Waals surface area (Å²) in [4.78, 5) is 14.6. The van der Waals surface area contributed by atoms with Gasteiger partial charge in [0.05, 0.1) is 0 Å². The molecule has 3 heteroatoms. The first kappa shape index (κ1) is 12.7. The van der Waals surface area contributed by atoms with Gasteiger partial charge in [0.15, 0.2) is 0 Å². The van der Waals surface area contributed by atoms with Gasteiger partial charge in [-0.25, -0.2) is 0 Å². The molecule has 1 aromatic carbocycles. The van der Waals surface area contributed by atoms with Crippen LogP contribution in [0.2, 0.25) is 0 Å². The molecule has 1 aliphatic heterocycles. The van der Waals surface area contributed by atoms with E-state index in [1.165, 1.54) is 32.4 Å².